The molecule has 0 bridgehead atoms. The smallest absolute Gasteiger partial charge is 0.308 e. The standard InChI is InChI=1S/C16H15Cl2NO3S/c1-9-3-2-4-10(5-9)6-11(16(21)22)8-19-15(20)12-7-13(17)23-14(12)18/h2-5,7,11H,6,8H2,1H3,(H,19,20)(H,21,22). The van der Waals surface area contributed by atoms with Crippen LogP contribution in [-0.2, 0) is 11.2 Å². The van der Waals surface area contributed by atoms with Crippen LogP contribution in [-0.4, -0.2) is 23.5 Å². The molecule has 0 aliphatic rings. The van der Waals surface area contributed by atoms with Crippen molar-refractivity contribution in [2.24, 2.45) is 5.92 Å². The molecule has 4 nitrogen and oxygen atoms in total. The summed E-state index contributed by atoms with van der Waals surface area (Å²) in [5.74, 6) is -2.09. The Kier molecular flexibility index (Phi) is 6.04. The third kappa shape index (κ3) is 4.96. The number of carboxylic acids is 1. The van der Waals surface area contributed by atoms with E-state index in [4.69, 9.17) is 23.2 Å². The number of hydrogen-bond acceptors (Lipinski definition) is 3. The van der Waals surface area contributed by atoms with Gasteiger partial charge in [-0.1, -0.05) is 53.0 Å². The number of aliphatic carboxylic acids is 1. The Bertz CT molecular complexity index is 730. The zero-order valence-electron chi connectivity index (χ0n) is 12.3. The van der Waals surface area contributed by atoms with Crippen molar-refractivity contribution in [3.63, 3.8) is 0 Å². The molecule has 0 fully saturated rings. The predicted octanol–water partition coefficient (Wildman–Crippen LogP) is 4.04. The van der Waals surface area contributed by atoms with Crippen LogP contribution in [0, 0.1) is 12.8 Å². The molecular weight excluding hydrogens is 357 g/mol. The molecule has 7 heteroatoms. The third-order valence-electron chi connectivity index (χ3n) is 3.32. The fourth-order valence-electron chi connectivity index (χ4n) is 2.18. The minimum Gasteiger partial charge on any atom is -0.481 e. The highest BCUT2D eigenvalue weighted by Crippen LogP contribution is 2.31. The molecule has 1 amide bonds. The first kappa shape index (κ1) is 17.8. The van der Waals surface area contributed by atoms with E-state index in [1.165, 1.54) is 6.07 Å². The molecular formula is C16H15Cl2NO3S. The van der Waals surface area contributed by atoms with Gasteiger partial charge in [-0.3, -0.25) is 9.59 Å². The van der Waals surface area contributed by atoms with Crippen LogP contribution < -0.4 is 5.32 Å². The molecule has 122 valence electrons. The van der Waals surface area contributed by atoms with Crippen molar-refractivity contribution >= 4 is 46.4 Å². The van der Waals surface area contributed by atoms with Crippen molar-refractivity contribution in [1.82, 2.24) is 5.32 Å². The van der Waals surface area contributed by atoms with Crippen LogP contribution in [0.2, 0.25) is 8.67 Å². The summed E-state index contributed by atoms with van der Waals surface area (Å²) in [6.07, 6.45) is 0.343. The van der Waals surface area contributed by atoms with Gasteiger partial charge in [0, 0.05) is 6.54 Å². The highest BCUT2D eigenvalue weighted by Gasteiger charge is 2.21. The van der Waals surface area contributed by atoms with Crippen LogP contribution in [0.5, 0.6) is 0 Å². The first-order chi connectivity index (χ1) is 10.9. The Labute approximate surface area is 148 Å². The summed E-state index contributed by atoms with van der Waals surface area (Å²) < 4.78 is 0.702. The number of hydrogen-bond donors (Lipinski definition) is 2. The van der Waals surface area contributed by atoms with Gasteiger partial charge in [0.1, 0.15) is 4.34 Å². The molecule has 2 aromatic rings. The Morgan fingerprint density at radius 3 is 2.61 bits per heavy atom. The average molecular weight is 372 g/mol. The molecule has 0 saturated heterocycles. The van der Waals surface area contributed by atoms with E-state index in [9.17, 15) is 14.7 Å². The predicted molar refractivity (Wildman–Crippen MR) is 92.7 cm³/mol. The van der Waals surface area contributed by atoms with E-state index in [-0.39, 0.29) is 16.4 Å². The summed E-state index contributed by atoms with van der Waals surface area (Å²) in [4.78, 5) is 23.5. The number of halogens is 2. The van der Waals surface area contributed by atoms with Gasteiger partial charge in [-0.05, 0) is 25.0 Å². The van der Waals surface area contributed by atoms with Crippen molar-refractivity contribution in [3.8, 4) is 0 Å². The van der Waals surface area contributed by atoms with Gasteiger partial charge in [0.15, 0.2) is 0 Å². The summed E-state index contributed by atoms with van der Waals surface area (Å²) in [5.41, 5.74) is 2.25. The van der Waals surface area contributed by atoms with Crippen LogP contribution in [0.3, 0.4) is 0 Å². The summed E-state index contributed by atoms with van der Waals surface area (Å²) in [6.45, 7) is 1.97. The molecule has 0 radical (unpaired) electrons. The number of amides is 1. The lowest BCUT2D eigenvalue weighted by atomic mass is 9.98. The summed E-state index contributed by atoms with van der Waals surface area (Å²) in [7, 11) is 0. The highest BCUT2D eigenvalue weighted by atomic mass is 35.5. The van der Waals surface area contributed by atoms with Crippen LogP contribution in [0.15, 0.2) is 30.3 Å². The quantitative estimate of drug-likeness (QED) is 0.804. The fraction of sp³-hybridized carbons (Fsp3) is 0.250. The number of aryl methyl sites for hydroxylation is 1. The van der Waals surface area contributed by atoms with Gasteiger partial charge in [-0.2, -0.15) is 0 Å². The summed E-state index contributed by atoms with van der Waals surface area (Å²) >= 11 is 12.8. The van der Waals surface area contributed by atoms with Gasteiger partial charge in [-0.15, -0.1) is 11.3 Å². The molecule has 0 saturated carbocycles. The van der Waals surface area contributed by atoms with Gasteiger partial charge in [0.05, 0.1) is 15.8 Å². The van der Waals surface area contributed by atoms with Crippen LogP contribution in [0.4, 0.5) is 0 Å². The lowest BCUT2D eigenvalue weighted by Gasteiger charge is -2.14. The van der Waals surface area contributed by atoms with E-state index < -0.39 is 17.8 Å². The third-order valence-corrected chi connectivity index (χ3v) is 4.81. The fourth-order valence-corrected chi connectivity index (χ4v) is 3.63. The van der Waals surface area contributed by atoms with Gasteiger partial charge >= 0.3 is 5.97 Å². The lowest BCUT2D eigenvalue weighted by molar-refractivity contribution is -0.141. The van der Waals surface area contributed by atoms with Crippen molar-refractivity contribution in [2.45, 2.75) is 13.3 Å². The van der Waals surface area contributed by atoms with Crippen LogP contribution in [0.1, 0.15) is 21.5 Å². The highest BCUT2D eigenvalue weighted by molar-refractivity contribution is 7.20. The molecule has 1 atom stereocenters. The molecule has 1 aromatic heterocycles. The molecule has 1 heterocycles. The van der Waals surface area contributed by atoms with E-state index >= 15 is 0 Å². The first-order valence-electron chi connectivity index (χ1n) is 6.88. The minimum atomic E-state index is -0.957. The van der Waals surface area contributed by atoms with Crippen molar-refractivity contribution in [3.05, 3.63) is 55.7 Å². The van der Waals surface area contributed by atoms with Crippen molar-refractivity contribution in [2.75, 3.05) is 6.54 Å². The van der Waals surface area contributed by atoms with Crippen molar-refractivity contribution in [1.29, 1.82) is 0 Å². The summed E-state index contributed by atoms with van der Waals surface area (Å²) in [6, 6.07) is 9.12. The number of nitrogens with one attached hydrogen (secondary N) is 1. The largest absolute Gasteiger partial charge is 0.481 e. The van der Waals surface area contributed by atoms with E-state index in [0.29, 0.717) is 10.8 Å². The van der Waals surface area contributed by atoms with Crippen LogP contribution in [0.25, 0.3) is 0 Å². The Morgan fingerprint density at radius 1 is 1.30 bits per heavy atom. The van der Waals surface area contributed by atoms with E-state index in [2.05, 4.69) is 5.32 Å². The maximum atomic E-state index is 12.1. The van der Waals surface area contributed by atoms with E-state index in [0.717, 1.165) is 22.5 Å². The molecule has 0 aliphatic heterocycles. The van der Waals surface area contributed by atoms with E-state index in [1.807, 2.05) is 31.2 Å². The summed E-state index contributed by atoms with van der Waals surface area (Å²) in [5, 5.41) is 12.0. The number of thiophene rings is 1. The average Bonchev–Trinajstić information content (AvgIpc) is 2.81. The van der Waals surface area contributed by atoms with Gasteiger partial charge in [0.2, 0.25) is 0 Å². The Morgan fingerprint density at radius 2 is 2.04 bits per heavy atom. The molecule has 2 rings (SSSR count). The molecule has 0 spiro atoms. The normalized spacial score (nSPS) is 12.0. The minimum absolute atomic E-state index is 0.0197. The van der Waals surface area contributed by atoms with Gasteiger partial charge in [-0.25, -0.2) is 0 Å². The molecule has 23 heavy (non-hydrogen) atoms. The monoisotopic (exact) mass is 371 g/mol. The maximum absolute atomic E-state index is 12.1. The van der Waals surface area contributed by atoms with Crippen LogP contribution >= 0.6 is 34.5 Å². The number of carbonyl (C=O) groups is 2. The van der Waals surface area contributed by atoms with E-state index in [1.54, 1.807) is 0 Å². The first-order valence-corrected chi connectivity index (χ1v) is 8.45. The Balaban J connectivity index is 2.01. The number of benzene rings is 1. The number of carboxylic acid groups (broad SMARTS) is 1. The maximum Gasteiger partial charge on any atom is 0.308 e. The van der Waals surface area contributed by atoms with Gasteiger partial charge < -0.3 is 10.4 Å². The van der Waals surface area contributed by atoms with Gasteiger partial charge in [0.25, 0.3) is 5.91 Å². The molecule has 1 unspecified atom stereocenters. The topological polar surface area (TPSA) is 66.4 Å². The van der Waals surface area contributed by atoms with Crippen molar-refractivity contribution < 1.29 is 14.7 Å². The SMILES string of the molecule is Cc1cccc(CC(CNC(=O)c2cc(Cl)sc2Cl)C(=O)O)c1. The Hall–Kier alpha value is -1.56. The molecule has 0 aliphatic carbocycles. The lowest BCUT2D eigenvalue weighted by Crippen LogP contribution is -2.34. The second-order valence-electron chi connectivity index (χ2n) is 5.18. The molecule has 2 N–H and O–H groups in total. The zero-order valence-corrected chi connectivity index (χ0v) is 14.6. The number of rotatable bonds is 6. The molecule has 1 aromatic carbocycles. The second-order valence-corrected chi connectivity index (χ2v) is 7.46. The number of carbonyl (C=O) groups excluding carboxylic acids is 1. The zero-order chi connectivity index (χ0) is 17.0. The second kappa shape index (κ2) is 7.81.